The monoisotopic (exact) mass is 406 g/mol. The van der Waals surface area contributed by atoms with Gasteiger partial charge in [-0.1, -0.05) is 11.6 Å². The predicted octanol–water partition coefficient (Wildman–Crippen LogP) is 5.05. The van der Waals surface area contributed by atoms with Gasteiger partial charge in [-0.05, 0) is 30.3 Å². The van der Waals surface area contributed by atoms with Gasteiger partial charge in [0.1, 0.15) is 23.7 Å². The van der Waals surface area contributed by atoms with Crippen molar-refractivity contribution < 1.29 is 32.4 Å². The topological polar surface area (TPSA) is 114 Å². The molecule has 0 atom stereocenters. The van der Waals surface area contributed by atoms with Gasteiger partial charge in [-0.25, -0.2) is 0 Å². The van der Waals surface area contributed by atoms with E-state index in [0.717, 1.165) is 24.3 Å². The van der Waals surface area contributed by atoms with Gasteiger partial charge in [0.25, 0.3) is 5.69 Å². The summed E-state index contributed by atoms with van der Waals surface area (Å²) in [7, 11) is 1.26. The van der Waals surface area contributed by atoms with E-state index in [9.17, 15) is 28.1 Å². The molecule has 0 aliphatic rings. The van der Waals surface area contributed by atoms with E-state index in [1.165, 1.54) is 13.2 Å². The van der Waals surface area contributed by atoms with E-state index >= 15 is 0 Å². The minimum Gasteiger partial charge on any atom is -0.456 e. The van der Waals surface area contributed by atoms with Crippen LogP contribution >= 0.6 is 11.6 Å². The summed E-state index contributed by atoms with van der Waals surface area (Å²) in [5, 5.41) is 10.7. The molecule has 0 aromatic heterocycles. The lowest BCUT2D eigenvalue weighted by atomic mass is 10.1. The molecule has 0 spiro atoms. The number of ketones is 1. The second-order valence-corrected chi connectivity index (χ2v) is 5.44. The molecule has 0 saturated carbocycles. The fraction of sp³-hybridized carbons (Fsp3) is 0.188. The number of hydrogen-bond donors (Lipinski definition) is 1. The summed E-state index contributed by atoms with van der Waals surface area (Å²) >= 11 is 5.80. The van der Waals surface area contributed by atoms with Crippen molar-refractivity contribution in [1.82, 2.24) is 6.15 Å². The summed E-state index contributed by atoms with van der Waals surface area (Å²) in [5.41, 5.74) is -1.65. The zero-order valence-electron chi connectivity index (χ0n) is 13.9. The second-order valence-electron chi connectivity index (χ2n) is 5.04. The number of nitro groups is 1. The normalized spacial score (nSPS) is 10.9. The molecule has 0 heterocycles. The predicted molar refractivity (Wildman–Crippen MR) is 90.9 cm³/mol. The Labute approximate surface area is 156 Å². The highest BCUT2D eigenvalue weighted by Crippen LogP contribution is 2.37. The maximum absolute atomic E-state index is 12.6. The number of hydrogen-bond acceptors (Lipinski definition) is 6. The molecule has 0 unspecified atom stereocenters. The molecule has 2 rings (SSSR count). The molecule has 0 aliphatic heterocycles. The first kappa shape index (κ1) is 22.4. The van der Waals surface area contributed by atoms with Gasteiger partial charge < -0.3 is 15.6 Å². The highest BCUT2D eigenvalue weighted by Gasteiger charge is 2.31. The molecular formula is C16H14ClF3N2O5. The van der Waals surface area contributed by atoms with Gasteiger partial charge in [-0.3, -0.25) is 14.9 Å². The molecular weight excluding hydrogens is 393 g/mol. The molecule has 0 amide bonds. The molecule has 0 radical (unpaired) electrons. The molecule has 11 heteroatoms. The van der Waals surface area contributed by atoms with Crippen LogP contribution in [0.3, 0.4) is 0 Å². The Morgan fingerprint density at radius 3 is 2.41 bits per heavy atom. The van der Waals surface area contributed by atoms with Crippen molar-refractivity contribution in [2.45, 2.75) is 6.18 Å². The maximum atomic E-state index is 12.6. The van der Waals surface area contributed by atoms with E-state index in [4.69, 9.17) is 16.3 Å². The molecule has 3 N–H and O–H groups in total. The highest BCUT2D eigenvalue weighted by molar-refractivity contribution is 6.32. The third-order valence-electron chi connectivity index (χ3n) is 3.23. The lowest BCUT2D eigenvalue weighted by molar-refractivity contribution is -0.385. The molecule has 0 fully saturated rings. The number of nitrogens with zero attached hydrogens (tertiary/aromatic N) is 1. The maximum Gasteiger partial charge on any atom is 0.416 e. The Bertz CT molecular complexity index is 858. The van der Waals surface area contributed by atoms with Crippen molar-refractivity contribution in [3.63, 3.8) is 0 Å². The van der Waals surface area contributed by atoms with Gasteiger partial charge in [0, 0.05) is 13.2 Å². The Morgan fingerprint density at radius 1 is 1.22 bits per heavy atom. The molecule has 146 valence electrons. The summed E-state index contributed by atoms with van der Waals surface area (Å²) in [5.74, 6) is -0.751. The zero-order chi connectivity index (χ0) is 19.5. The van der Waals surface area contributed by atoms with Gasteiger partial charge in [0.2, 0.25) is 0 Å². The van der Waals surface area contributed by atoms with E-state index in [1.54, 1.807) is 0 Å². The average Bonchev–Trinajstić information content (AvgIpc) is 2.55. The number of benzene rings is 2. The van der Waals surface area contributed by atoms with Crippen LogP contribution in [0.5, 0.6) is 11.5 Å². The molecule has 0 saturated heterocycles. The van der Waals surface area contributed by atoms with Crippen LogP contribution in [0.1, 0.15) is 15.9 Å². The Kier molecular flexibility index (Phi) is 7.28. The zero-order valence-corrected chi connectivity index (χ0v) is 14.6. The molecule has 7 nitrogen and oxygen atoms in total. The molecule has 2 aromatic carbocycles. The van der Waals surface area contributed by atoms with Crippen LogP contribution < -0.4 is 10.9 Å². The van der Waals surface area contributed by atoms with E-state index in [2.05, 4.69) is 4.74 Å². The fourth-order valence-electron chi connectivity index (χ4n) is 2.06. The number of carbonyl (C=O) groups excluding carboxylic acids is 1. The number of Topliss-reactive ketones (excluding diaryl/α,β-unsaturated/α-hetero) is 1. The Balaban J connectivity index is 0.00000364. The first-order valence-corrected chi connectivity index (χ1v) is 7.36. The van der Waals surface area contributed by atoms with Crippen molar-refractivity contribution in [1.29, 1.82) is 0 Å². The van der Waals surface area contributed by atoms with Gasteiger partial charge in [0.05, 0.1) is 15.5 Å². The van der Waals surface area contributed by atoms with E-state index in [-0.39, 0.29) is 34.8 Å². The molecule has 2 aromatic rings. The largest absolute Gasteiger partial charge is 0.456 e. The van der Waals surface area contributed by atoms with E-state index in [0.29, 0.717) is 6.07 Å². The Hall–Kier alpha value is -2.69. The van der Waals surface area contributed by atoms with Gasteiger partial charge >= 0.3 is 6.18 Å². The smallest absolute Gasteiger partial charge is 0.416 e. The van der Waals surface area contributed by atoms with Crippen molar-refractivity contribution in [3.8, 4) is 11.5 Å². The van der Waals surface area contributed by atoms with Crippen LogP contribution in [0.2, 0.25) is 5.02 Å². The van der Waals surface area contributed by atoms with E-state index in [1.807, 2.05) is 0 Å². The van der Waals surface area contributed by atoms with Crippen LogP contribution in [0.25, 0.3) is 0 Å². The third kappa shape index (κ3) is 5.39. The SMILES string of the molecule is COCC(=O)c1cc(Oc2ccc(C(F)(F)F)cc2Cl)ccc1[N+](=O)[O-].N. The second kappa shape index (κ2) is 8.80. The number of methoxy groups -OCH3 is 1. The number of rotatable bonds is 6. The lowest BCUT2D eigenvalue weighted by Gasteiger charge is -2.12. The highest BCUT2D eigenvalue weighted by atomic mass is 35.5. The number of carbonyl (C=O) groups is 1. The summed E-state index contributed by atoms with van der Waals surface area (Å²) in [4.78, 5) is 22.3. The average molecular weight is 407 g/mol. The van der Waals surface area contributed by atoms with Crippen molar-refractivity contribution in [2.75, 3.05) is 13.7 Å². The molecule has 0 aliphatic carbocycles. The summed E-state index contributed by atoms with van der Waals surface area (Å²) in [6, 6.07) is 5.85. The fourth-order valence-corrected chi connectivity index (χ4v) is 2.28. The minimum atomic E-state index is -4.56. The number of alkyl halides is 3. The summed E-state index contributed by atoms with van der Waals surface area (Å²) < 4.78 is 48.0. The lowest BCUT2D eigenvalue weighted by Crippen LogP contribution is -2.10. The van der Waals surface area contributed by atoms with Crippen LogP contribution in [0, 0.1) is 10.1 Å². The van der Waals surface area contributed by atoms with Crippen LogP contribution in [0.4, 0.5) is 18.9 Å². The number of nitro benzene ring substituents is 1. The first-order valence-electron chi connectivity index (χ1n) is 6.98. The van der Waals surface area contributed by atoms with Gasteiger partial charge in [-0.15, -0.1) is 0 Å². The standard InChI is InChI=1S/C16H11ClF3NO5.H3N/c1-25-8-14(22)11-7-10(3-4-13(11)21(23)24)26-15-5-2-9(6-12(15)17)16(18,19)20;/h2-7H,8H2,1H3;1H3. The van der Waals surface area contributed by atoms with Crippen LogP contribution in [-0.2, 0) is 10.9 Å². The summed E-state index contributed by atoms with van der Waals surface area (Å²) in [6.45, 7) is -0.384. The van der Waals surface area contributed by atoms with Gasteiger partial charge in [0.15, 0.2) is 5.78 Å². The molecule has 27 heavy (non-hydrogen) atoms. The van der Waals surface area contributed by atoms with Gasteiger partial charge in [-0.2, -0.15) is 13.2 Å². The van der Waals surface area contributed by atoms with Crippen molar-refractivity contribution >= 4 is 23.1 Å². The number of ether oxygens (including phenoxy) is 2. The van der Waals surface area contributed by atoms with E-state index < -0.39 is 28.1 Å². The Morgan fingerprint density at radius 2 is 1.89 bits per heavy atom. The number of halogens is 4. The van der Waals surface area contributed by atoms with Crippen LogP contribution in [-0.4, -0.2) is 24.4 Å². The quantitative estimate of drug-likeness (QED) is 0.408. The van der Waals surface area contributed by atoms with Crippen molar-refractivity contribution in [3.05, 3.63) is 62.7 Å². The molecule has 0 bridgehead atoms. The first-order chi connectivity index (χ1) is 12.1. The third-order valence-corrected chi connectivity index (χ3v) is 3.52. The van der Waals surface area contributed by atoms with Crippen molar-refractivity contribution in [2.24, 2.45) is 0 Å². The van der Waals surface area contributed by atoms with Crippen LogP contribution in [0.15, 0.2) is 36.4 Å². The minimum absolute atomic E-state index is 0. The summed E-state index contributed by atoms with van der Waals surface area (Å²) in [6.07, 6.45) is -4.56.